The van der Waals surface area contributed by atoms with Crippen LogP contribution in [0.2, 0.25) is 0 Å². The molecule has 0 amide bonds. The van der Waals surface area contributed by atoms with Gasteiger partial charge < -0.3 is 19.9 Å². The molecule has 2 aliphatic heterocycles. The van der Waals surface area contributed by atoms with Crippen molar-refractivity contribution >= 4 is 11.6 Å². The van der Waals surface area contributed by atoms with Crippen LogP contribution in [-0.2, 0) is 17.8 Å². The van der Waals surface area contributed by atoms with E-state index in [0.29, 0.717) is 0 Å². The lowest BCUT2D eigenvalue weighted by atomic mass is 10.2. The maximum absolute atomic E-state index is 5.44. The van der Waals surface area contributed by atoms with Gasteiger partial charge in [0.1, 0.15) is 0 Å². The quantitative estimate of drug-likeness (QED) is 0.609. The average Bonchev–Trinajstić information content (AvgIpc) is 2.82. The Labute approximate surface area is 180 Å². The van der Waals surface area contributed by atoms with Crippen LogP contribution in [0.25, 0.3) is 0 Å². The van der Waals surface area contributed by atoms with E-state index < -0.39 is 0 Å². The van der Waals surface area contributed by atoms with E-state index in [1.807, 2.05) is 7.05 Å². The van der Waals surface area contributed by atoms with Crippen molar-refractivity contribution in [2.24, 2.45) is 4.99 Å². The molecular formula is C24H33N5O. The van der Waals surface area contributed by atoms with Gasteiger partial charge in [0.15, 0.2) is 5.96 Å². The maximum atomic E-state index is 5.44. The van der Waals surface area contributed by atoms with Gasteiger partial charge in [-0.25, -0.2) is 0 Å². The summed E-state index contributed by atoms with van der Waals surface area (Å²) >= 11 is 0. The molecule has 2 aromatic carbocycles. The monoisotopic (exact) mass is 407 g/mol. The molecule has 6 nitrogen and oxygen atoms in total. The van der Waals surface area contributed by atoms with Crippen LogP contribution < -0.4 is 10.2 Å². The van der Waals surface area contributed by atoms with Crippen LogP contribution in [0.4, 0.5) is 5.69 Å². The summed E-state index contributed by atoms with van der Waals surface area (Å²) in [6.45, 7) is 9.52. The van der Waals surface area contributed by atoms with Crippen LogP contribution in [0.1, 0.15) is 11.1 Å². The molecule has 0 bridgehead atoms. The summed E-state index contributed by atoms with van der Waals surface area (Å²) in [5.74, 6) is 0.992. The highest BCUT2D eigenvalue weighted by atomic mass is 16.5. The first-order chi connectivity index (χ1) is 14.8. The summed E-state index contributed by atoms with van der Waals surface area (Å²) in [5, 5.41) is 3.54. The Morgan fingerprint density at radius 1 is 0.867 bits per heavy atom. The number of aliphatic imine (C=N–C) groups is 1. The van der Waals surface area contributed by atoms with Crippen molar-refractivity contribution in [3.8, 4) is 0 Å². The molecule has 160 valence electrons. The molecule has 0 atom stereocenters. The highest BCUT2D eigenvalue weighted by molar-refractivity contribution is 5.80. The zero-order valence-electron chi connectivity index (χ0n) is 18.0. The SMILES string of the molecule is CN=C(NCc1ccc(N2CCOCC2)cc1)N1CCN(Cc2ccccc2)CC1. The van der Waals surface area contributed by atoms with Crippen molar-refractivity contribution in [3.63, 3.8) is 0 Å². The molecule has 2 aromatic rings. The molecule has 0 saturated carbocycles. The third-order valence-corrected chi connectivity index (χ3v) is 5.90. The van der Waals surface area contributed by atoms with E-state index in [4.69, 9.17) is 4.74 Å². The largest absolute Gasteiger partial charge is 0.378 e. The fourth-order valence-electron chi connectivity index (χ4n) is 4.12. The first kappa shape index (κ1) is 20.7. The Bertz CT molecular complexity index is 794. The molecule has 2 fully saturated rings. The number of piperazine rings is 1. The van der Waals surface area contributed by atoms with Gasteiger partial charge in [-0.2, -0.15) is 0 Å². The highest BCUT2D eigenvalue weighted by Crippen LogP contribution is 2.17. The molecule has 6 heteroatoms. The van der Waals surface area contributed by atoms with Gasteiger partial charge in [-0.05, 0) is 23.3 Å². The summed E-state index contributed by atoms with van der Waals surface area (Å²) in [6.07, 6.45) is 0. The molecule has 1 N–H and O–H groups in total. The zero-order valence-corrected chi connectivity index (χ0v) is 18.0. The third kappa shape index (κ3) is 5.52. The molecule has 0 aliphatic carbocycles. The van der Waals surface area contributed by atoms with Crippen molar-refractivity contribution in [2.45, 2.75) is 13.1 Å². The lowest BCUT2D eigenvalue weighted by Crippen LogP contribution is -2.52. The standard InChI is InChI=1S/C24H33N5O/c1-25-24(29-13-11-27(12-14-29)20-22-5-3-2-4-6-22)26-19-21-7-9-23(10-8-21)28-15-17-30-18-16-28/h2-10H,11-20H2,1H3,(H,25,26). The van der Waals surface area contributed by atoms with Crippen molar-refractivity contribution in [3.05, 3.63) is 65.7 Å². The van der Waals surface area contributed by atoms with E-state index in [9.17, 15) is 0 Å². The molecule has 4 rings (SSSR count). The lowest BCUT2D eigenvalue weighted by Gasteiger charge is -2.36. The lowest BCUT2D eigenvalue weighted by molar-refractivity contribution is 0.122. The summed E-state index contributed by atoms with van der Waals surface area (Å²) in [6, 6.07) is 19.6. The molecule has 2 saturated heterocycles. The van der Waals surface area contributed by atoms with Gasteiger partial charge in [0, 0.05) is 65.1 Å². The van der Waals surface area contributed by atoms with Crippen LogP contribution in [0.5, 0.6) is 0 Å². The van der Waals surface area contributed by atoms with E-state index in [2.05, 4.69) is 79.6 Å². The first-order valence-corrected chi connectivity index (χ1v) is 11.0. The molecule has 0 unspecified atom stereocenters. The fourth-order valence-corrected chi connectivity index (χ4v) is 4.12. The number of ether oxygens (including phenoxy) is 1. The second-order valence-electron chi connectivity index (χ2n) is 7.92. The summed E-state index contributed by atoms with van der Waals surface area (Å²) < 4.78 is 5.44. The Morgan fingerprint density at radius 2 is 1.57 bits per heavy atom. The number of nitrogens with one attached hydrogen (secondary N) is 1. The summed E-state index contributed by atoms with van der Waals surface area (Å²) in [4.78, 5) is 11.8. The van der Waals surface area contributed by atoms with Crippen LogP contribution in [0.15, 0.2) is 59.6 Å². The van der Waals surface area contributed by atoms with E-state index in [1.165, 1.54) is 16.8 Å². The average molecular weight is 408 g/mol. The van der Waals surface area contributed by atoms with Crippen LogP contribution in [-0.4, -0.2) is 75.3 Å². The molecule has 2 heterocycles. The fraction of sp³-hybridized carbons (Fsp3) is 0.458. The van der Waals surface area contributed by atoms with Crippen LogP contribution in [0.3, 0.4) is 0 Å². The van der Waals surface area contributed by atoms with Gasteiger partial charge in [0.05, 0.1) is 13.2 Å². The zero-order chi connectivity index (χ0) is 20.6. The Kier molecular flexibility index (Phi) is 7.21. The summed E-state index contributed by atoms with van der Waals surface area (Å²) in [7, 11) is 1.88. The van der Waals surface area contributed by atoms with Crippen LogP contribution in [0, 0.1) is 0 Å². The Balaban J connectivity index is 1.24. The smallest absolute Gasteiger partial charge is 0.194 e. The van der Waals surface area contributed by atoms with Crippen molar-refractivity contribution in [1.82, 2.24) is 15.1 Å². The van der Waals surface area contributed by atoms with Crippen molar-refractivity contribution < 1.29 is 4.74 Å². The molecular weight excluding hydrogens is 374 g/mol. The third-order valence-electron chi connectivity index (χ3n) is 5.90. The number of rotatable bonds is 5. The topological polar surface area (TPSA) is 43.3 Å². The molecule has 0 spiro atoms. The van der Waals surface area contributed by atoms with Crippen LogP contribution >= 0.6 is 0 Å². The second kappa shape index (κ2) is 10.5. The summed E-state index contributed by atoms with van der Waals surface area (Å²) in [5.41, 5.74) is 3.94. The number of hydrogen-bond acceptors (Lipinski definition) is 4. The van der Waals surface area contributed by atoms with E-state index >= 15 is 0 Å². The van der Waals surface area contributed by atoms with Gasteiger partial charge in [0.25, 0.3) is 0 Å². The van der Waals surface area contributed by atoms with Gasteiger partial charge >= 0.3 is 0 Å². The van der Waals surface area contributed by atoms with E-state index in [1.54, 1.807) is 0 Å². The highest BCUT2D eigenvalue weighted by Gasteiger charge is 2.19. The van der Waals surface area contributed by atoms with E-state index in [0.717, 1.165) is 71.5 Å². The minimum atomic E-state index is 0.792. The minimum Gasteiger partial charge on any atom is -0.378 e. The molecule has 2 aliphatic rings. The second-order valence-corrected chi connectivity index (χ2v) is 7.92. The van der Waals surface area contributed by atoms with Gasteiger partial charge in [-0.1, -0.05) is 42.5 Å². The van der Waals surface area contributed by atoms with Gasteiger partial charge in [0.2, 0.25) is 0 Å². The number of morpholine rings is 1. The first-order valence-electron chi connectivity index (χ1n) is 11.0. The Morgan fingerprint density at radius 3 is 2.23 bits per heavy atom. The number of hydrogen-bond donors (Lipinski definition) is 1. The maximum Gasteiger partial charge on any atom is 0.194 e. The number of benzene rings is 2. The minimum absolute atomic E-state index is 0.792. The molecule has 0 radical (unpaired) electrons. The molecule has 30 heavy (non-hydrogen) atoms. The van der Waals surface area contributed by atoms with E-state index in [-0.39, 0.29) is 0 Å². The number of anilines is 1. The predicted octanol–water partition coefficient (Wildman–Crippen LogP) is 2.42. The predicted molar refractivity (Wildman–Crippen MR) is 123 cm³/mol. The van der Waals surface area contributed by atoms with Crippen molar-refractivity contribution in [2.75, 3.05) is 64.4 Å². The van der Waals surface area contributed by atoms with Crippen molar-refractivity contribution in [1.29, 1.82) is 0 Å². The number of guanidine groups is 1. The van der Waals surface area contributed by atoms with Gasteiger partial charge in [-0.3, -0.25) is 9.89 Å². The Hall–Kier alpha value is -2.57. The van der Waals surface area contributed by atoms with Gasteiger partial charge in [-0.15, -0.1) is 0 Å². The number of nitrogens with zero attached hydrogens (tertiary/aromatic N) is 4. The normalized spacial score (nSPS) is 18.5. The molecule has 0 aromatic heterocycles.